The van der Waals surface area contributed by atoms with E-state index < -0.39 is 0 Å². The second-order valence-electron chi connectivity index (χ2n) is 6.68. The van der Waals surface area contributed by atoms with Gasteiger partial charge in [-0.1, -0.05) is 12.1 Å². The van der Waals surface area contributed by atoms with Crippen LogP contribution in [0.3, 0.4) is 0 Å². The molecule has 2 heterocycles. The number of nitrogens with zero attached hydrogens (tertiary/aromatic N) is 4. The summed E-state index contributed by atoms with van der Waals surface area (Å²) in [7, 11) is 0. The van der Waals surface area contributed by atoms with Crippen molar-refractivity contribution in [2.24, 2.45) is 0 Å². The van der Waals surface area contributed by atoms with Crippen LogP contribution in [-0.4, -0.2) is 25.6 Å². The van der Waals surface area contributed by atoms with Gasteiger partial charge in [-0.3, -0.25) is 0 Å². The number of halogens is 1. The summed E-state index contributed by atoms with van der Waals surface area (Å²) in [5, 5.41) is 3.19. The Morgan fingerprint density at radius 2 is 2.04 bits per heavy atom. The molecule has 2 aromatic heterocycles. The number of hydrogen-bond acceptors (Lipinski definition) is 5. The number of imidazole rings is 1. The minimum Gasteiger partial charge on any atom is -0.487 e. The van der Waals surface area contributed by atoms with E-state index in [4.69, 9.17) is 4.74 Å². The van der Waals surface area contributed by atoms with Crippen molar-refractivity contribution in [3.8, 4) is 5.75 Å². The zero-order valence-corrected chi connectivity index (χ0v) is 13.7. The molecule has 5 rings (SSSR count). The molecule has 0 bridgehead atoms. The van der Waals surface area contributed by atoms with Crippen LogP contribution in [0, 0.1) is 5.82 Å². The van der Waals surface area contributed by atoms with Gasteiger partial charge in [0.05, 0.1) is 12.4 Å². The van der Waals surface area contributed by atoms with E-state index in [0.29, 0.717) is 29.7 Å². The van der Waals surface area contributed by atoms with Gasteiger partial charge in [0.15, 0.2) is 23.0 Å². The molecule has 2 aliphatic carbocycles. The maximum atomic E-state index is 14.6. The van der Waals surface area contributed by atoms with Crippen molar-refractivity contribution in [3.05, 3.63) is 42.2 Å². The second-order valence-corrected chi connectivity index (χ2v) is 6.68. The minimum absolute atomic E-state index is 0.172. The third kappa shape index (κ3) is 2.79. The number of hydrogen-bond donors (Lipinski definition) is 1. The van der Waals surface area contributed by atoms with Crippen molar-refractivity contribution < 1.29 is 9.13 Å². The molecule has 128 valence electrons. The molecule has 2 fully saturated rings. The van der Waals surface area contributed by atoms with Gasteiger partial charge in [0.1, 0.15) is 11.8 Å². The molecule has 25 heavy (non-hydrogen) atoms. The normalized spacial score (nSPS) is 17.0. The Labute approximate surface area is 144 Å². The maximum Gasteiger partial charge on any atom is 0.170 e. The summed E-state index contributed by atoms with van der Waals surface area (Å²) in [6.45, 7) is 0.316. The number of anilines is 1. The van der Waals surface area contributed by atoms with E-state index in [9.17, 15) is 4.39 Å². The topological polar surface area (TPSA) is 64.9 Å². The Morgan fingerprint density at radius 1 is 1.16 bits per heavy atom. The Kier molecular flexibility index (Phi) is 3.33. The average Bonchev–Trinajstić information content (AvgIpc) is 3.55. The van der Waals surface area contributed by atoms with Gasteiger partial charge < -0.3 is 14.6 Å². The van der Waals surface area contributed by atoms with E-state index in [2.05, 4.69) is 24.8 Å². The first-order chi connectivity index (χ1) is 12.3. The van der Waals surface area contributed by atoms with E-state index >= 15 is 0 Å². The molecule has 2 saturated carbocycles. The van der Waals surface area contributed by atoms with Gasteiger partial charge in [-0.15, -0.1) is 0 Å². The summed E-state index contributed by atoms with van der Waals surface area (Å²) in [5.74, 6) is 0.640. The van der Waals surface area contributed by atoms with Gasteiger partial charge in [-0.25, -0.2) is 19.3 Å². The highest BCUT2D eigenvalue weighted by molar-refractivity contribution is 5.82. The summed E-state index contributed by atoms with van der Waals surface area (Å²) >= 11 is 0. The van der Waals surface area contributed by atoms with Gasteiger partial charge in [0.2, 0.25) is 0 Å². The lowest BCUT2D eigenvalue weighted by Crippen LogP contribution is -2.07. The van der Waals surface area contributed by atoms with E-state index in [1.165, 1.54) is 6.33 Å². The van der Waals surface area contributed by atoms with E-state index in [0.717, 1.165) is 36.8 Å². The molecule has 0 radical (unpaired) electrons. The lowest BCUT2D eigenvalue weighted by Gasteiger charge is -2.11. The molecule has 1 N–H and O–H groups in total. The zero-order chi connectivity index (χ0) is 16.8. The Bertz CT molecular complexity index is 932. The summed E-state index contributed by atoms with van der Waals surface area (Å²) in [4.78, 5) is 13.1. The highest BCUT2D eigenvalue weighted by atomic mass is 19.1. The molecule has 7 heteroatoms. The molecule has 1 aromatic carbocycles. The average molecular weight is 339 g/mol. The Morgan fingerprint density at radius 3 is 2.84 bits per heavy atom. The van der Waals surface area contributed by atoms with Crippen LogP contribution in [-0.2, 0) is 6.54 Å². The Hall–Kier alpha value is -2.70. The molecule has 0 unspecified atom stereocenters. The van der Waals surface area contributed by atoms with Crippen LogP contribution in [0.5, 0.6) is 5.75 Å². The van der Waals surface area contributed by atoms with Crippen molar-refractivity contribution in [2.45, 2.75) is 44.4 Å². The summed E-state index contributed by atoms with van der Waals surface area (Å²) in [5.41, 5.74) is 2.10. The fourth-order valence-electron chi connectivity index (χ4n) is 2.93. The van der Waals surface area contributed by atoms with Crippen LogP contribution in [0.25, 0.3) is 11.2 Å². The van der Waals surface area contributed by atoms with Crippen LogP contribution in [0.15, 0.2) is 30.9 Å². The van der Waals surface area contributed by atoms with Gasteiger partial charge in [-0.2, -0.15) is 0 Å². The number of benzene rings is 1. The largest absolute Gasteiger partial charge is 0.487 e. The quantitative estimate of drug-likeness (QED) is 0.745. The number of aromatic nitrogens is 4. The number of nitrogens with one attached hydrogen (secondary N) is 1. The molecule has 0 aliphatic heterocycles. The lowest BCUT2D eigenvalue weighted by atomic mass is 10.2. The minimum atomic E-state index is -0.310. The van der Waals surface area contributed by atoms with Gasteiger partial charge in [0, 0.05) is 18.2 Å². The molecular weight excluding hydrogens is 321 g/mol. The monoisotopic (exact) mass is 339 g/mol. The van der Waals surface area contributed by atoms with Gasteiger partial charge in [-0.05, 0) is 31.7 Å². The number of rotatable bonds is 6. The molecule has 3 aromatic rings. The van der Waals surface area contributed by atoms with Crippen molar-refractivity contribution in [1.82, 2.24) is 19.5 Å². The van der Waals surface area contributed by atoms with Gasteiger partial charge in [0.25, 0.3) is 0 Å². The summed E-state index contributed by atoms with van der Waals surface area (Å²) in [6.07, 6.45) is 7.84. The number of fused-ring (bicyclic) bond motifs is 1. The first-order valence-corrected chi connectivity index (χ1v) is 8.65. The maximum absolute atomic E-state index is 14.6. The summed E-state index contributed by atoms with van der Waals surface area (Å²) < 4.78 is 22.3. The first kappa shape index (κ1) is 14.6. The predicted molar refractivity (Wildman–Crippen MR) is 91.0 cm³/mol. The molecular formula is C18H18FN5O. The van der Waals surface area contributed by atoms with Crippen molar-refractivity contribution in [2.75, 3.05) is 5.32 Å². The van der Waals surface area contributed by atoms with E-state index in [1.54, 1.807) is 12.1 Å². The van der Waals surface area contributed by atoms with E-state index in [-0.39, 0.29) is 11.9 Å². The van der Waals surface area contributed by atoms with Gasteiger partial charge >= 0.3 is 0 Å². The standard InChI is InChI=1S/C18H18FN5O/c19-15-11(2-1-3-14(15)25-13-6-7-13)8-20-17-16-18(22-9-21-17)24(10-23-16)12-4-5-12/h1-3,9-10,12-13H,4-8H2,(H,20,21,22). The van der Waals surface area contributed by atoms with Crippen LogP contribution < -0.4 is 10.1 Å². The SMILES string of the molecule is Fc1c(CNc2ncnc3c2ncn3C2CC2)cccc1OC1CC1. The smallest absolute Gasteiger partial charge is 0.170 e. The van der Waals surface area contributed by atoms with Crippen LogP contribution >= 0.6 is 0 Å². The van der Waals surface area contributed by atoms with Crippen LogP contribution in [0.4, 0.5) is 10.2 Å². The van der Waals surface area contributed by atoms with Crippen molar-refractivity contribution in [3.63, 3.8) is 0 Å². The fraction of sp³-hybridized carbons (Fsp3) is 0.389. The highest BCUT2D eigenvalue weighted by Gasteiger charge is 2.27. The summed E-state index contributed by atoms with van der Waals surface area (Å²) in [6, 6.07) is 5.75. The molecule has 0 atom stereocenters. The van der Waals surface area contributed by atoms with Crippen molar-refractivity contribution >= 4 is 17.0 Å². The molecule has 6 nitrogen and oxygen atoms in total. The zero-order valence-electron chi connectivity index (χ0n) is 13.7. The van der Waals surface area contributed by atoms with Crippen LogP contribution in [0.1, 0.15) is 37.3 Å². The predicted octanol–water partition coefficient (Wildman–Crippen LogP) is 3.45. The Balaban J connectivity index is 1.38. The lowest BCUT2D eigenvalue weighted by molar-refractivity contribution is 0.286. The molecule has 0 amide bonds. The third-order valence-electron chi connectivity index (χ3n) is 4.61. The second kappa shape index (κ2) is 5.68. The third-order valence-corrected chi connectivity index (χ3v) is 4.61. The molecule has 0 spiro atoms. The molecule has 0 saturated heterocycles. The molecule has 2 aliphatic rings. The number of ether oxygens (including phenoxy) is 1. The van der Waals surface area contributed by atoms with E-state index in [1.807, 2.05) is 12.4 Å². The highest BCUT2D eigenvalue weighted by Crippen LogP contribution is 2.37. The van der Waals surface area contributed by atoms with Crippen LogP contribution in [0.2, 0.25) is 0 Å². The first-order valence-electron chi connectivity index (χ1n) is 8.65. The van der Waals surface area contributed by atoms with Crippen molar-refractivity contribution in [1.29, 1.82) is 0 Å². The fourth-order valence-corrected chi connectivity index (χ4v) is 2.93.